The van der Waals surface area contributed by atoms with Crippen LogP contribution in [-0.2, 0) is 5.41 Å². The fraction of sp³-hybridized carbons (Fsp3) is 0.462. The van der Waals surface area contributed by atoms with Crippen LogP contribution >= 0.6 is 0 Å². The third-order valence-corrected chi connectivity index (χ3v) is 5.84. The van der Waals surface area contributed by atoms with Gasteiger partial charge in [0.05, 0.1) is 0 Å². The van der Waals surface area contributed by atoms with E-state index in [1.807, 2.05) is 18.2 Å². The largest absolute Gasteiger partial charge is 0.508 e. The maximum absolute atomic E-state index is 10.5. The second-order valence-electron chi connectivity index (χ2n) is 10.1. The van der Waals surface area contributed by atoms with E-state index in [4.69, 9.17) is 0 Å². The van der Waals surface area contributed by atoms with E-state index in [0.717, 1.165) is 31.2 Å². The van der Waals surface area contributed by atoms with Gasteiger partial charge in [-0.2, -0.15) is 0 Å². The van der Waals surface area contributed by atoms with Crippen molar-refractivity contribution in [3.05, 3.63) is 65.2 Å². The summed E-state index contributed by atoms with van der Waals surface area (Å²) >= 11 is 0. The highest BCUT2D eigenvalue weighted by molar-refractivity contribution is 5.68. The van der Waals surface area contributed by atoms with Crippen molar-refractivity contribution in [3.8, 4) is 11.5 Å². The van der Waals surface area contributed by atoms with Gasteiger partial charge in [0.15, 0.2) is 0 Å². The summed E-state index contributed by atoms with van der Waals surface area (Å²) in [5.41, 5.74) is 5.07. The molecule has 2 nitrogen and oxygen atoms in total. The summed E-state index contributed by atoms with van der Waals surface area (Å²) in [6.45, 7) is 11.2. The van der Waals surface area contributed by atoms with Gasteiger partial charge in [0.1, 0.15) is 11.5 Å². The number of aromatic hydroxyl groups is 2. The average Bonchev–Trinajstić information content (AvgIpc) is 2.61. The van der Waals surface area contributed by atoms with Crippen molar-refractivity contribution in [2.75, 3.05) is 0 Å². The maximum atomic E-state index is 10.5. The molecule has 3 rings (SSSR count). The summed E-state index contributed by atoms with van der Waals surface area (Å²) in [4.78, 5) is 0. The highest BCUT2D eigenvalue weighted by Crippen LogP contribution is 2.42. The highest BCUT2D eigenvalue weighted by atomic mass is 16.3. The van der Waals surface area contributed by atoms with Gasteiger partial charge in [-0.3, -0.25) is 0 Å². The summed E-state index contributed by atoms with van der Waals surface area (Å²) < 4.78 is 0. The molecule has 0 fully saturated rings. The third kappa shape index (κ3) is 4.79. The first kappa shape index (κ1) is 20.5. The summed E-state index contributed by atoms with van der Waals surface area (Å²) in [6.07, 6.45) is 6.53. The van der Waals surface area contributed by atoms with Gasteiger partial charge >= 0.3 is 0 Å². The van der Waals surface area contributed by atoms with Gasteiger partial charge in [-0.15, -0.1) is 0 Å². The predicted molar refractivity (Wildman–Crippen MR) is 118 cm³/mol. The first-order valence-corrected chi connectivity index (χ1v) is 10.4. The van der Waals surface area contributed by atoms with Gasteiger partial charge in [-0.05, 0) is 83.4 Å². The minimum atomic E-state index is -0.0812. The molecule has 0 bridgehead atoms. The normalized spacial score (nSPS) is 18.0. The summed E-state index contributed by atoms with van der Waals surface area (Å²) in [5.74, 6) is 1.24. The highest BCUT2D eigenvalue weighted by Gasteiger charge is 2.30. The lowest BCUT2D eigenvalue weighted by Gasteiger charge is -2.34. The van der Waals surface area contributed by atoms with Crippen molar-refractivity contribution in [2.24, 2.45) is 5.41 Å². The molecule has 0 aliphatic heterocycles. The fourth-order valence-corrected chi connectivity index (χ4v) is 4.84. The molecule has 2 aromatic rings. The molecule has 0 amide bonds. The van der Waals surface area contributed by atoms with Gasteiger partial charge in [-0.1, -0.05) is 58.9 Å². The second-order valence-corrected chi connectivity index (χ2v) is 10.1. The number of hydrogen-bond acceptors (Lipinski definition) is 2. The lowest BCUT2D eigenvalue weighted by molar-refractivity contribution is 0.278. The van der Waals surface area contributed by atoms with E-state index >= 15 is 0 Å². The molecule has 0 heterocycles. The van der Waals surface area contributed by atoms with E-state index < -0.39 is 0 Å². The molecular formula is C26H34O2. The molecule has 2 heteroatoms. The average molecular weight is 379 g/mol. The van der Waals surface area contributed by atoms with E-state index in [-0.39, 0.29) is 10.8 Å². The van der Waals surface area contributed by atoms with Gasteiger partial charge in [0.2, 0.25) is 0 Å². The van der Waals surface area contributed by atoms with Crippen LogP contribution in [0.2, 0.25) is 0 Å². The molecular weight excluding hydrogens is 344 g/mol. The van der Waals surface area contributed by atoms with Crippen molar-refractivity contribution >= 4 is 5.57 Å². The van der Waals surface area contributed by atoms with Crippen LogP contribution in [0.1, 0.15) is 82.9 Å². The fourth-order valence-electron chi connectivity index (χ4n) is 4.84. The molecule has 1 unspecified atom stereocenters. The zero-order valence-electron chi connectivity index (χ0n) is 17.9. The van der Waals surface area contributed by atoms with E-state index in [2.05, 4.69) is 52.8 Å². The number of rotatable bonds is 4. The Labute approximate surface area is 169 Å². The van der Waals surface area contributed by atoms with Crippen LogP contribution in [0.15, 0.2) is 48.5 Å². The summed E-state index contributed by atoms with van der Waals surface area (Å²) in [5, 5.41) is 20.0. The Morgan fingerprint density at radius 1 is 0.929 bits per heavy atom. The van der Waals surface area contributed by atoms with Crippen LogP contribution in [0, 0.1) is 5.41 Å². The van der Waals surface area contributed by atoms with Gasteiger partial charge in [-0.25, -0.2) is 0 Å². The Hall–Kier alpha value is -2.22. The Bertz CT molecular complexity index is 851. The molecule has 0 saturated carbocycles. The van der Waals surface area contributed by atoms with Crippen molar-refractivity contribution in [3.63, 3.8) is 0 Å². The molecule has 0 spiro atoms. The topological polar surface area (TPSA) is 40.5 Å². The lowest BCUT2D eigenvalue weighted by Crippen LogP contribution is -2.25. The zero-order chi connectivity index (χ0) is 20.5. The molecule has 0 aromatic heterocycles. The Morgan fingerprint density at radius 2 is 1.61 bits per heavy atom. The second kappa shape index (κ2) is 7.66. The number of allylic oxidation sites excluding steroid dienone is 2. The van der Waals surface area contributed by atoms with Crippen LogP contribution in [0.3, 0.4) is 0 Å². The number of benzene rings is 2. The van der Waals surface area contributed by atoms with Gasteiger partial charge in [0, 0.05) is 5.56 Å². The van der Waals surface area contributed by atoms with Gasteiger partial charge < -0.3 is 10.2 Å². The maximum Gasteiger partial charge on any atom is 0.119 e. The molecule has 2 N–H and O–H groups in total. The standard InChI is InChI=1S/C26H34O2/c1-25(2,3)17-26(4,5)23-16-21(12-15-24(23)28)20-8-6-18(7-9-20)19-10-13-22(27)14-11-19/h8,10-16,18,27-28H,6-7,9,17H2,1-5H3. The van der Waals surface area contributed by atoms with Crippen molar-refractivity contribution in [1.82, 2.24) is 0 Å². The lowest BCUT2D eigenvalue weighted by atomic mass is 9.71. The van der Waals surface area contributed by atoms with E-state index in [1.54, 1.807) is 12.1 Å². The predicted octanol–water partition coefficient (Wildman–Crippen LogP) is 7.16. The molecule has 1 aliphatic carbocycles. The van der Waals surface area contributed by atoms with Crippen molar-refractivity contribution < 1.29 is 10.2 Å². The van der Waals surface area contributed by atoms with Crippen molar-refractivity contribution in [2.45, 2.75) is 71.6 Å². The van der Waals surface area contributed by atoms with Crippen LogP contribution in [0.4, 0.5) is 0 Å². The molecule has 0 saturated heterocycles. The Morgan fingerprint density at radius 3 is 2.18 bits per heavy atom. The monoisotopic (exact) mass is 378 g/mol. The number of phenolic OH excluding ortho intramolecular Hbond substituents is 2. The quantitative estimate of drug-likeness (QED) is 0.592. The summed E-state index contributed by atoms with van der Waals surface area (Å²) in [7, 11) is 0. The molecule has 1 atom stereocenters. The Kier molecular flexibility index (Phi) is 5.61. The van der Waals surface area contributed by atoms with Crippen LogP contribution in [0.25, 0.3) is 5.57 Å². The third-order valence-electron chi connectivity index (χ3n) is 5.84. The minimum Gasteiger partial charge on any atom is -0.508 e. The van der Waals surface area contributed by atoms with E-state index in [0.29, 0.717) is 17.4 Å². The van der Waals surface area contributed by atoms with Crippen LogP contribution in [-0.4, -0.2) is 10.2 Å². The number of hydrogen-bond donors (Lipinski definition) is 2. The first-order chi connectivity index (χ1) is 13.0. The SMILES string of the molecule is CC(C)(C)CC(C)(C)c1cc(C2=CCC(c3ccc(O)cc3)CC2)ccc1O. The summed E-state index contributed by atoms with van der Waals surface area (Å²) in [6, 6.07) is 13.7. The molecule has 1 aliphatic rings. The van der Waals surface area contributed by atoms with Crippen LogP contribution < -0.4 is 0 Å². The number of phenols is 2. The Balaban J connectivity index is 1.82. The molecule has 0 radical (unpaired) electrons. The van der Waals surface area contributed by atoms with E-state index in [1.165, 1.54) is 16.7 Å². The zero-order valence-corrected chi connectivity index (χ0v) is 17.9. The molecule has 150 valence electrons. The molecule has 2 aromatic carbocycles. The van der Waals surface area contributed by atoms with Gasteiger partial charge in [0.25, 0.3) is 0 Å². The minimum absolute atomic E-state index is 0.0812. The van der Waals surface area contributed by atoms with Crippen LogP contribution in [0.5, 0.6) is 11.5 Å². The molecule has 28 heavy (non-hydrogen) atoms. The first-order valence-electron chi connectivity index (χ1n) is 10.4. The van der Waals surface area contributed by atoms with Crippen molar-refractivity contribution in [1.29, 1.82) is 0 Å². The van der Waals surface area contributed by atoms with E-state index in [9.17, 15) is 10.2 Å². The smallest absolute Gasteiger partial charge is 0.119 e.